The van der Waals surface area contributed by atoms with Crippen LogP contribution in [-0.2, 0) is 4.74 Å². The summed E-state index contributed by atoms with van der Waals surface area (Å²) in [6, 6.07) is -0.755. The molecular formula is C9H13F3N2O4S. The number of halogens is 3. The van der Waals surface area contributed by atoms with Gasteiger partial charge in [0.2, 0.25) is 0 Å². The maximum atomic E-state index is 12.0. The maximum absolute atomic E-state index is 12.0. The Hall–Kier alpha value is -0.550. The van der Waals surface area contributed by atoms with Crippen molar-refractivity contribution in [3.05, 3.63) is 0 Å². The van der Waals surface area contributed by atoms with Crippen molar-refractivity contribution in [2.24, 2.45) is 4.99 Å². The molecule has 0 saturated carbocycles. The molecule has 10 heteroatoms. The predicted octanol–water partition coefficient (Wildman–Crippen LogP) is -0.951. The van der Waals surface area contributed by atoms with Gasteiger partial charge in [0.1, 0.15) is 30.3 Å². The zero-order valence-corrected chi connectivity index (χ0v) is 10.4. The van der Waals surface area contributed by atoms with Gasteiger partial charge in [-0.2, -0.15) is 13.2 Å². The van der Waals surface area contributed by atoms with Crippen molar-refractivity contribution in [3.8, 4) is 0 Å². The van der Waals surface area contributed by atoms with E-state index < -0.39 is 49.1 Å². The van der Waals surface area contributed by atoms with Crippen LogP contribution in [0.5, 0.6) is 0 Å². The number of hydrogen-bond acceptors (Lipinski definition) is 6. The van der Waals surface area contributed by atoms with E-state index in [0.29, 0.717) is 0 Å². The largest absolute Gasteiger partial charge is 0.408 e. The molecule has 6 nitrogen and oxygen atoms in total. The Morgan fingerprint density at radius 1 is 1.32 bits per heavy atom. The third-order valence-corrected chi connectivity index (χ3v) is 3.91. The second-order valence-corrected chi connectivity index (χ2v) is 5.32. The molecule has 5 atom stereocenters. The molecule has 0 aromatic carbocycles. The van der Waals surface area contributed by atoms with Crippen LogP contribution in [0.1, 0.15) is 0 Å². The lowest BCUT2D eigenvalue weighted by Gasteiger charge is -2.38. The zero-order chi connectivity index (χ0) is 14.2. The van der Waals surface area contributed by atoms with Gasteiger partial charge in [-0.25, -0.2) is 0 Å². The monoisotopic (exact) mass is 302 g/mol. The van der Waals surface area contributed by atoms with Crippen molar-refractivity contribution in [2.45, 2.75) is 36.0 Å². The number of aliphatic imine (C=N–C) groups is 1. The summed E-state index contributed by atoms with van der Waals surface area (Å²) >= 11 is 0.895. The van der Waals surface area contributed by atoms with Crippen molar-refractivity contribution in [1.82, 2.24) is 5.32 Å². The second-order valence-electron chi connectivity index (χ2n) is 4.23. The first-order chi connectivity index (χ1) is 8.81. The second kappa shape index (κ2) is 5.44. The molecule has 2 aliphatic rings. The first kappa shape index (κ1) is 14.9. The van der Waals surface area contributed by atoms with E-state index in [2.05, 4.69) is 10.3 Å². The molecule has 4 N–H and O–H groups in total. The normalized spacial score (nSPS) is 41.2. The summed E-state index contributed by atoms with van der Waals surface area (Å²) in [6.45, 7) is -1.82. The molecule has 2 saturated heterocycles. The average molecular weight is 302 g/mol. The van der Waals surface area contributed by atoms with Gasteiger partial charge in [-0.1, -0.05) is 11.8 Å². The number of alkyl halides is 3. The van der Waals surface area contributed by atoms with Crippen LogP contribution in [0.3, 0.4) is 0 Å². The number of thioether (sulfide) groups is 1. The molecule has 19 heavy (non-hydrogen) atoms. The minimum Gasteiger partial charge on any atom is -0.394 e. The summed E-state index contributed by atoms with van der Waals surface area (Å²) in [6.07, 6.45) is -7.92. The van der Waals surface area contributed by atoms with Crippen molar-refractivity contribution in [3.63, 3.8) is 0 Å². The van der Waals surface area contributed by atoms with Crippen molar-refractivity contribution < 1.29 is 33.2 Å². The number of nitrogens with zero attached hydrogens (tertiary/aromatic N) is 1. The lowest BCUT2D eigenvalue weighted by atomic mass is 9.98. The molecule has 0 aromatic heterocycles. The first-order valence-corrected chi connectivity index (χ1v) is 6.36. The van der Waals surface area contributed by atoms with E-state index in [9.17, 15) is 23.4 Å². The molecule has 0 amide bonds. The fourth-order valence-electron chi connectivity index (χ4n) is 1.87. The molecular weight excluding hydrogens is 289 g/mol. The Morgan fingerprint density at radius 3 is 2.58 bits per heavy atom. The van der Waals surface area contributed by atoms with Crippen LogP contribution < -0.4 is 5.32 Å². The molecule has 0 aromatic rings. The molecule has 1 unspecified atom stereocenters. The summed E-state index contributed by atoms with van der Waals surface area (Å²) in [4.78, 5) is 3.34. The van der Waals surface area contributed by atoms with Crippen LogP contribution in [0, 0.1) is 0 Å². The number of amidine groups is 1. The molecule has 2 rings (SSSR count). The minimum atomic E-state index is -4.41. The molecule has 110 valence electrons. The van der Waals surface area contributed by atoms with Crippen molar-refractivity contribution in [1.29, 1.82) is 0 Å². The van der Waals surface area contributed by atoms with Gasteiger partial charge in [-0.15, -0.1) is 0 Å². The Kier molecular flexibility index (Phi) is 4.26. The topological polar surface area (TPSA) is 94.3 Å². The Bertz CT molecular complexity index is 368. The van der Waals surface area contributed by atoms with E-state index in [4.69, 9.17) is 9.84 Å². The number of fused-ring (bicyclic) bond motifs is 1. The maximum Gasteiger partial charge on any atom is 0.408 e. The Morgan fingerprint density at radius 2 is 2.00 bits per heavy atom. The Balaban J connectivity index is 2.03. The first-order valence-electron chi connectivity index (χ1n) is 5.48. The number of hydrogen-bond donors (Lipinski definition) is 4. The number of aliphatic hydroxyl groups is 3. The smallest absolute Gasteiger partial charge is 0.394 e. The molecule has 2 aliphatic heterocycles. The number of rotatable bonds is 2. The van der Waals surface area contributed by atoms with Gasteiger partial charge in [0, 0.05) is 0 Å². The number of aliphatic hydroxyl groups excluding tert-OH is 3. The van der Waals surface area contributed by atoms with E-state index in [1.54, 1.807) is 0 Å². The molecule has 0 radical (unpaired) electrons. The van der Waals surface area contributed by atoms with E-state index in [1.165, 1.54) is 0 Å². The van der Waals surface area contributed by atoms with Crippen LogP contribution in [-0.4, -0.2) is 69.6 Å². The third-order valence-electron chi connectivity index (χ3n) is 2.80. The van der Waals surface area contributed by atoms with E-state index >= 15 is 0 Å². The predicted molar refractivity (Wildman–Crippen MR) is 60.6 cm³/mol. The lowest BCUT2D eigenvalue weighted by molar-refractivity contribution is -0.167. The van der Waals surface area contributed by atoms with Gasteiger partial charge in [0.25, 0.3) is 0 Å². The highest BCUT2D eigenvalue weighted by atomic mass is 32.2. The van der Waals surface area contributed by atoms with Crippen LogP contribution >= 0.6 is 11.8 Å². The van der Waals surface area contributed by atoms with Crippen LogP contribution in [0.4, 0.5) is 13.2 Å². The number of nitrogens with one attached hydrogen (secondary N) is 1. The van der Waals surface area contributed by atoms with Gasteiger partial charge in [-0.3, -0.25) is 4.99 Å². The SMILES string of the molecule is OC[C@H]1O[C@@H]2SC(=NCC(F)(F)F)N[C@@H]2[C@@H](O)C1O. The standard InChI is InChI=1S/C9H13F3N2O4S/c10-9(11,12)2-13-8-14-4-6(17)5(16)3(1-15)18-7(4)19-8/h3-7,15-17H,1-2H2,(H,13,14)/t3-,4-,5?,6-,7-/m1/s1. The highest BCUT2D eigenvalue weighted by Crippen LogP contribution is 2.34. The van der Waals surface area contributed by atoms with Crippen LogP contribution in [0.15, 0.2) is 4.99 Å². The van der Waals surface area contributed by atoms with Gasteiger partial charge < -0.3 is 25.4 Å². The fraction of sp³-hybridized carbons (Fsp3) is 0.889. The minimum absolute atomic E-state index is 0.00263. The summed E-state index contributed by atoms with van der Waals surface area (Å²) in [5, 5.41) is 31.0. The van der Waals surface area contributed by atoms with Crippen molar-refractivity contribution in [2.75, 3.05) is 13.2 Å². The highest BCUT2D eigenvalue weighted by molar-refractivity contribution is 8.14. The van der Waals surface area contributed by atoms with Gasteiger partial charge in [0.05, 0.1) is 12.6 Å². The van der Waals surface area contributed by atoms with E-state index in [-0.39, 0.29) is 5.17 Å². The fourth-order valence-corrected chi connectivity index (χ4v) is 3.00. The average Bonchev–Trinajstić information content (AvgIpc) is 2.73. The molecule has 0 spiro atoms. The van der Waals surface area contributed by atoms with Crippen LogP contribution in [0.2, 0.25) is 0 Å². The van der Waals surface area contributed by atoms with E-state index in [0.717, 1.165) is 11.8 Å². The molecule has 0 aliphatic carbocycles. The van der Waals surface area contributed by atoms with Crippen molar-refractivity contribution >= 4 is 16.9 Å². The summed E-state index contributed by atoms with van der Waals surface area (Å²) in [5.74, 6) is 0. The quantitative estimate of drug-likeness (QED) is 0.525. The van der Waals surface area contributed by atoms with Gasteiger partial charge in [-0.05, 0) is 0 Å². The van der Waals surface area contributed by atoms with Gasteiger partial charge in [0.15, 0.2) is 5.17 Å². The molecule has 2 fully saturated rings. The molecule has 2 heterocycles. The zero-order valence-electron chi connectivity index (χ0n) is 9.54. The summed E-state index contributed by atoms with van der Waals surface area (Å²) < 4.78 is 41.4. The highest BCUT2D eigenvalue weighted by Gasteiger charge is 2.48. The number of ether oxygens (including phenoxy) is 1. The molecule has 0 bridgehead atoms. The van der Waals surface area contributed by atoms with Crippen LogP contribution in [0.25, 0.3) is 0 Å². The third kappa shape index (κ3) is 3.31. The summed E-state index contributed by atoms with van der Waals surface area (Å²) in [5.41, 5.74) is -0.692. The lowest BCUT2D eigenvalue weighted by Crippen LogP contribution is -2.59. The summed E-state index contributed by atoms with van der Waals surface area (Å²) in [7, 11) is 0. The Labute approximate surface area is 110 Å². The van der Waals surface area contributed by atoms with E-state index in [1.807, 2.05) is 0 Å². The van der Waals surface area contributed by atoms with Gasteiger partial charge >= 0.3 is 6.18 Å².